The molecular weight excluding hydrogens is 482 g/mol. The van der Waals surface area contributed by atoms with E-state index >= 15 is 0 Å². The van der Waals surface area contributed by atoms with Gasteiger partial charge in [-0.2, -0.15) is 0 Å². The maximum Gasteiger partial charge on any atom is 0.340 e. The first-order valence-corrected chi connectivity index (χ1v) is 12.6. The Kier molecular flexibility index (Phi) is 6.39. The van der Waals surface area contributed by atoms with Crippen molar-refractivity contribution in [2.24, 2.45) is 0 Å². The minimum Gasteiger partial charge on any atom is -0.495 e. The van der Waals surface area contributed by atoms with Gasteiger partial charge in [0, 0.05) is 26.6 Å². The fourth-order valence-electron chi connectivity index (χ4n) is 3.71. The van der Waals surface area contributed by atoms with Crippen molar-refractivity contribution >= 4 is 73.8 Å². The van der Waals surface area contributed by atoms with E-state index in [1.165, 1.54) is 36.7 Å². The molecule has 0 aliphatic heterocycles. The smallest absolute Gasteiger partial charge is 0.340 e. The monoisotopic (exact) mass is 503 g/mol. The molecule has 0 aliphatic carbocycles. The lowest BCUT2D eigenvalue weighted by Gasteiger charge is -2.16. The number of carbonyl (C=O) groups is 2. The summed E-state index contributed by atoms with van der Waals surface area (Å²) in [5.74, 6) is -0.565. The molecule has 3 aromatic heterocycles. The number of hydrogen-bond donors (Lipinski definition) is 1. The van der Waals surface area contributed by atoms with Crippen molar-refractivity contribution in [2.75, 3.05) is 12.4 Å². The van der Waals surface area contributed by atoms with Gasteiger partial charge in [-0.25, -0.2) is 4.79 Å². The molecule has 1 unspecified atom stereocenters. The SMILES string of the molecule is COc1cc2c(cc1NC(=O)C(C)OC(=O)C(=Cc1cccs1)c1cccs1)oc1ccccc12. The van der Waals surface area contributed by atoms with Crippen molar-refractivity contribution in [1.29, 1.82) is 0 Å². The lowest BCUT2D eigenvalue weighted by molar-refractivity contribution is -0.147. The summed E-state index contributed by atoms with van der Waals surface area (Å²) < 4.78 is 17.0. The van der Waals surface area contributed by atoms with Crippen LogP contribution in [0.2, 0.25) is 0 Å². The maximum atomic E-state index is 13.0. The summed E-state index contributed by atoms with van der Waals surface area (Å²) in [6, 6.07) is 18.8. The molecule has 0 bridgehead atoms. The van der Waals surface area contributed by atoms with Crippen LogP contribution in [0, 0.1) is 0 Å². The third kappa shape index (κ3) is 4.71. The van der Waals surface area contributed by atoms with E-state index in [9.17, 15) is 9.59 Å². The summed E-state index contributed by atoms with van der Waals surface area (Å²) in [5.41, 5.74) is 2.20. The molecule has 2 aromatic carbocycles. The van der Waals surface area contributed by atoms with Crippen LogP contribution in [0.4, 0.5) is 5.69 Å². The normalized spacial score (nSPS) is 12.6. The Morgan fingerprint density at radius 2 is 1.77 bits per heavy atom. The molecule has 0 saturated carbocycles. The lowest BCUT2D eigenvalue weighted by Crippen LogP contribution is -2.30. The van der Waals surface area contributed by atoms with Crippen LogP contribution in [0.3, 0.4) is 0 Å². The summed E-state index contributed by atoms with van der Waals surface area (Å²) in [5, 5.41) is 8.47. The van der Waals surface area contributed by atoms with E-state index in [0.29, 0.717) is 22.6 Å². The number of rotatable bonds is 7. The molecule has 6 nitrogen and oxygen atoms in total. The average Bonchev–Trinajstić information content (AvgIpc) is 3.63. The number of carbonyl (C=O) groups excluding carboxylic acids is 2. The second kappa shape index (κ2) is 9.77. The van der Waals surface area contributed by atoms with Crippen LogP contribution in [0.1, 0.15) is 16.7 Å². The van der Waals surface area contributed by atoms with Crippen LogP contribution in [0.15, 0.2) is 75.8 Å². The Balaban J connectivity index is 1.37. The Hall–Kier alpha value is -3.88. The molecule has 5 aromatic rings. The number of anilines is 1. The third-order valence-corrected chi connectivity index (χ3v) is 7.17. The maximum absolute atomic E-state index is 13.0. The van der Waals surface area contributed by atoms with Gasteiger partial charge in [-0.05, 0) is 48.0 Å². The van der Waals surface area contributed by atoms with Gasteiger partial charge in [-0.1, -0.05) is 30.3 Å². The van der Waals surface area contributed by atoms with Crippen molar-refractivity contribution < 1.29 is 23.5 Å². The molecule has 0 saturated heterocycles. The van der Waals surface area contributed by atoms with Crippen LogP contribution in [0.5, 0.6) is 5.75 Å². The standard InChI is InChI=1S/C27H21NO5S2/c1-16(32-27(30)20(25-10-6-12-35-25)13-17-7-5-11-34-17)26(29)28-21-15-23-19(14-24(21)31-2)18-8-3-4-9-22(18)33-23/h3-16H,1-2H3,(H,28,29). The molecule has 8 heteroatoms. The Bertz CT molecular complexity index is 1530. The quantitative estimate of drug-likeness (QED) is 0.195. The molecule has 1 N–H and O–H groups in total. The topological polar surface area (TPSA) is 77.8 Å². The van der Waals surface area contributed by atoms with Gasteiger partial charge in [0.15, 0.2) is 6.10 Å². The zero-order valence-electron chi connectivity index (χ0n) is 18.9. The van der Waals surface area contributed by atoms with Gasteiger partial charge in [0.1, 0.15) is 16.9 Å². The summed E-state index contributed by atoms with van der Waals surface area (Å²) in [6.45, 7) is 1.54. The first kappa shape index (κ1) is 22.9. The van der Waals surface area contributed by atoms with Gasteiger partial charge in [0.05, 0.1) is 18.4 Å². The zero-order valence-corrected chi connectivity index (χ0v) is 20.6. The highest BCUT2D eigenvalue weighted by Crippen LogP contribution is 2.36. The first-order valence-electron chi connectivity index (χ1n) is 10.8. The van der Waals surface area contributed by atoms with Crippen LogP contribution >= 0.6 is 22.7 Å². The lowest BCUT2D eigenvalue weighted by atomic mass is 10.1. The van der Waals surface area contributed by atoms with E-state index in [1.54, 1.807) is 12.1 Å². The largest absolute Gasteiger partial charge is 0.495 e. The van der Waals surface area contributed by atoms with Crippen molar-refractivity contribution in [3.63, 3.8) is 0 Å². The summed E-state index contributed by atoms with van der Waals surface area (Å²) in [6.07, 6.45) is 0.743. The van der Waals surface area contributed by atoms with Gasteiger partial charge in [0.2, 0.25) is 0 Å². The predicted molar refractivity (Wildman–Crippen MR) is 141 cm³/mol. The minimum atomic E-state index is -1.04. The highest BCUT2D eigenvalue weighted by molar-refractivity contribution is 7.12. The molecule has 0 radical (unpaired) electrons. The number of fused-ring (bicyclic) bond motifs is 3. The van der Waals surface area contributed by atoms with E-state index < -0.39 is 18.0 Å². The van der Waals surface area contributed by atoms with E-state index in [2.05, 4.69) is 5.32 Å². The Labute approximate surface area is 209 Å². The highest BCUT2D eigenvalue weighted by Gasteiger charge is 2.24. The number of amides is 1. The predicted octanol–water partition coefficient (Wildman–Crippen LogP) is 6.83. The third-order valence-electron chi connectivity index (χ3n) is 5.45. The molecule has 5 rings (SSSR count). The number of esters is 1. The average molecular weight is 504 g/mol. The van der Waals surface area contributed by atoms with Gasteiger partial charge >= 0.3 is 5.97 Å². The van der Waals surface area contributed by atoms with E-state index in [1.807, 2.05) is 65.4 Å². The fraction of sp³-hybridized carbons (Fsp3) is 0.111. The number of benzene rings is 2. The van der Waals surface area contributed by atoms with E-state index in [4.69, 9.17) is 13.9 Å². The van der Waals surface area contributed by atoms with Crippen LogP contribution < -0.4 is 10.1 Å². The van der Waals surface area contributed by atoms with Gasteiger partial charge in [-0.15, -0.1) is 22.7 Å². The van der Waals surface area contributed by atoms with Crippen LogP contribution in [0.25, 0.3) is 33.6 Å². The molecule has 3 heterocycles. The molecule has 0 aliphatic rings. The number of nitrogens with one attached hydrogen (secondary N) is 1. The number of ether oxygens (including phenoxy) is 2. The van der Waals surface area contributed by atoms with Crippen molar-refractivity contribution in [3.8, 4) is 5.75 Å². The molecular formula is C27H21NO5S2. The number of furan rings is 1. The molecule has 1 amide bonds. The zero-order chi connectivity index (χ0) is 24.4. The number of para-hydroxylation sites is 1. The molecule has 176 valence electrons. The number of thiophene rings is 2. The van der Waals surface area contributed by atoms with Crippen molar-refractivity contribution in [2.45, 2.75) is 13.0 Å². The molecule has 0 spiro atoms. The summed E-state index contributed by atoms with van der Waals surface area (Å²) in [4.78, 5) is 27.7. The molecule has 1 atom stereocenters. The van der Waals surface area contributed by atoms with Crippen molar-refractivity contribution in [3.05, 3.63) is 81.2 Å². The fourth-order valence-corrected chi connectivity index (χ4v) is 5.10. The Morgan fingerprint density at radius 3 is 2.51 bits per heavy atom. The second-order valence-electron chi connectivity index (χ2n) is 7.73. The minimum absolute atomic E-state index is 0.406. The summed E-state index contributed by atoms with van der Waals surface area (Å²) >= 11 is 2.95. The summed E-state index contributed by atoms with van der Waals surface area (Å²) in [7, 11) is 1.53. The molecule has 35 heavy (non-hydrogen) atoms. The van der Waals surface area contributed by atoms with Crippen LogP contribution in [-0.4, -0.2) is 25.1 Å². The van der Waals surface area contributed by atoms with E-state index in [-0.39, 0.29) is 0 Å². The first-order chi connectivity index (χ1) is 17.0. The van der Waals surface area contributed by atoms with E-state index in [0.717, 1.165) is 26.1 Å². The van der Waals surface area contributed by atoms with Gasteiger partial charge in [0.25, 0.3) is 5.91 Å². The number of methoxy groups -OCH3 is 1. The van der Waals surface area contributed by atoms with Gasteiger partial charge in [-0.3, -0.25) is 4.79 Å². The van der Waals surface area contributed by atoms with Gasteiger partial charge < -0.3 is 19.2 Å². The van der Waals surface area contributed by atoms with Crippen molar-refractivity contribution in [1.82, 2.24) is 0 Å². The highest BCUT2D eigenvalue weighted by atomic mass is 32.1. The number of hydrogen-bond acceptors (Lipinski definition) is 7. The molecule has 0 fully saturated rings. The van der Waals surface area contributed by atoms with Crippen LogP contribution in [-0.2, 0) is 14.3 Å². The second-order valence-corrected chi connectivity index (χ2v) is 9.66. The Morgan fingerprint density at radius 1 is 0.971 bits per heavy atom.